The number of nitrogens with one attached hydrogen (secondary N) is 1. The van der Waals surface area contributed by atoms with Crippen LogP contribution in [0.4, 0.5) is 10.5 Å². The number of rotatable bonds is 1. The van der Waals surface area contributed by atoms with Crippen molar-refractivity contribution in [1.82, 2.24) is 4.98 Å². The third-order valence-corrected chi connectivity index (χ3v) is 2.36. The predicted octanol–water partition coefficient (Wildman–Crippen LogP) is 3.07. The van der Waals surface area contributed by atoms with Gasteiger partial charge in [0.05, 0.1) is 18.3 Å². The summed E-state index contributed by atoms with van der Waals surface area (Å²) in [7, 11) is 1.32. The number of fused-ring (bicyclic) bond motifs is 1. The third kappa shape index (κ3) is 2.06. The first-order valence-corrected chi connectivity index (χ1v) is 4.98. The fraction of sp³-hybridized carbons (Fsp3) is 0.0909. The van der Waals surface area contributed by atoms with Crippen LogP contribution in [0.5, 0.6) is 0 Å². The molecule has 82 valence electrons. The number of halogens is 1. The summed E-state index contributed by atoms with van der Waals surface area (Å²) in [5.74, 6) is 0. The van der Waals surface area contributed by atoms with Crippen LogP contribution in [-0.4, -0.2) is 18.2 Å². The van der Waals surface area contributed by atoms with Crippen molar-refractivity contribution in [2.75, 3.05) is 12.4 Å². The van der Waals surface area contributed by atoms with Crippen LogP contribution >= 0.6 is 11.6 Å². The van der Waals surface area contributed by atoms with Gasteiger partial charge in [-0.2, -0.15) is 0 Å². The highest BCUT2D eigenvalue weighted by molar-refractivity contribution is 6.31. The SMILES string of the molecule is COC(=O)Nc1ccnc2cc(Cl)ccc12. The second-order valence-electron chi connectivity index (χ2n) is 3.14. The number of nitrogens with zero attached hydrogens (tertiary/aromatic N) is 1. The average Bonchev–Trinajstić information content (AvgIpc) is 2.28. The predicted molar refractivity (Wildman–Crippen MR) is 62.8 cm³/mol. The number of ether oxygens (including phenoxy) is 1. The molecule has 0 bridgehead atoms. The molecular formula is C11H9ClN2O2. The Morgan fingerprint density at radius 1 is 1.44 bits per heavy atom. The maximum atomic E-state index is 11.1. The molecule has 1 N–H and O–H groups in total. The second kappa shape index (κ2) is 4.37. The molecule has 2 rings (SSSR count). The highest BCUT2D eigenvalue weighted by Gasteiger charge is 2.05. The molecule has 1 heterocycles. The van der Waals surface area contributed by atoms with Crippen molar-refractivity contribution in [3.05, 3.63) is 35.5 Å². The summed E-state index contributed by atoms with van der Waals surface area (Å²) in [5, 5.41) is 4.03. The molecule has 0 saturated heterocycles. The Morgan fingerprint density at radius 3 is 3.00 bits per heavy atom. The van der Waals surface area contributed by atoms with Gasteiger partial charge in [0.15, 0.2) is 0 Å². The van der Waals surface area contributed by atoms with Gasteiger partial charge >= 0.3 is 6.09 Å². The molecule has 0 aliphatic heterocycles. The molecule has 0 radical (unpaired) electrons. The van der Waals surface area contributed by atoms with Gasteiger partial charge < -0.3 is 4.74 Å². The Bertz CT molecular complexity index is 542. The van der Waals surface area contributed by atoms with E-state index in [-0.39, 0.29) is 0 Å². The first-order valence-electron chi connectivity index (χ1n) is 4.60. The number of anilines is 1. The summed E-state index contributed by atoms with van der Waals surface area (Å²) in [6.07, 6.45) is 1.09. The van der Waals surface area contributed by atoms with Crippen LogP contribution in [0, 0.1) is 0 Å². The van der Waals surface area contributed by atoms with Crippen LogP contribution in [0.25, 0.3) is 10.9 Å². The zero-order valence-corrected chi connectivity index (χ0v) is 9.28. The molecular weight excluding hydrogens is 228 g/mol. The summed E-state index contributed by atoms with van der Waals surface area (Å²) < 4.78 is 4.53. The summed E-state index contributed by atoms with van der Waals surface area (Å²) in [6.45, 7) is 0. The number of hydrogen-bond acceptors (Lipinski definition) is 3. The van der Waals surface area contributed by atoms with E-state index in [9.17, 15) is 4.79 Å². The van der Waals surface area contributed by atoms with E-state index in [1.54, 1.807) is 30.5 Å². The van der Waals surface area contributed by atoms with Gasteiger partial charge in [0.25, 0.3) is 0 Å². The van der Waals surface area contributed by atoms with E-state index in [0.29, 0.717) is 10.7 Å². The van der Waals surface area contributed by atoms with Crippen molar-refractivity contribution in [2.24, 2.45) is 0 Å². The Hall–Kier alpha value is -1.81. The number of benzene rings is 1. The van der Waals surface area contributed by atoms with Gasteiger partial charge in [-0.1, -0.05) is 11.6 Å². The van der Waals surface area contributed by atoms with Crippen molar-refractivity contribution in [2.45, 2.75) is 0 Å². The number of aromatic nitrogens is 1. The van der Waals surface area contributed by atoms with Crippen LogP contribution in [-0.2, 0) is 4.74 Å². The summed E-state index contributed by atoms with van der Waals surface area (Å²) in [4.78, 5) is 15.3. The van der Waals surface area contributed by atoms with Gasteiger partial charge in [-0.05, 0) is 24.3 Å². The molecule has 1 amide bonds. The molecule has 0 aliphatic rings. The Morgan fingerprint density at radius 2 is 2.25 bits per heavy atom. The highest BCUT2D eigenvalue weighted by atomic mass is 35.5. The molecule has 0 aliphatic carbocycles. The van der Waals surface area contributed by atoms with E-state index < -0.39 is 6.09 Å². The molecule has 5 heteroatoms. The van der Waals surface area contributed by atoms with Gasteiger partial charge in [0, 0.05) is 16.6 Å². The summed E-state index contributed by atoms with van der Waals surface area (Å²) in [6, 6.07) is 6.98. The van der Waals surface area contributed by atoms with Crippen molar-refractivity contribution in [3.63, 3.8) is 0 Å². The minimum absolute atomic E-state index is 0.512. The molecule has 4 nitrogen and oxygen atoms in total. The number of hydrogen-bond donors (Lipinski definition) is 1. The topological polar surface area (TPSA) is 51.2 Å². The Balaban J connectivity index is 2.49. The van der Waals surface area contributed by atoms with Crippen LogP contribution < -0.4 is 5.32 Å². The van der Waals surface area contributed by atoms with E-state index in [1.807, 2.05) is 0 Å². The first kappa shape index (κ1) is 10.7. The molecule has 0 spiro atoms. The monoisotopic (exact) mass is 236 g/mol. The maximum Gasteiger partial charge on any atom is 0.411 e. The average molecular weight is 237 g/mol. The zero-order valence-electron chi connectivity index (χ0n) is 8.53. The number of methoxy groups -OCH3 is 1. The summed E-state index contributed by atoms with van der Waals surface area (Å²) in [5.41, 5.74) is 1.37. The maximum absolute atomic E-state index is 11.1. The lowest BCUT2D eigenvalue weighted by molar-refractivity contribution is 0.187. The molecule has 16 heavy (non-hydrogen) atoms. The van der Waals surface area contributed by atoms with E-state index >= 15 is 0 Å². The Kier molecular flexibility index (Phi) is 2.92. The molecule has 1 aromatic carbocycles. The van der Waals surface area contributed by atoms with Crippen LogP contribution in [0.1, 0.15) is 0 Å². The van der Waals surface area contributed by atoms with E-state index in [0.717, 1.165) is 10.9 Å². The fourth-order valence-corrected chi connectivity index (χ4v) is 1.56. The lowest BCUT2D eigenvalue weighted by Gasteiger charge is -2.06. The van der Waals surface area contributed by atoms with Crippen LogP contribution in [0.2, 0.25) is 5.02 Å². The van der Waals surface area contributed by atoms with E-state index in [1.165, 1.54) is 7.11 Å². The Labute approximate surface area is 97.2 Å². The van der Waals surface area contributed by atoms with Gasteiger partial charge in [-0.25, -0.2) is 4.79 Å². The number of pyridine rings is 1. The highest BCUT2D eigenvalue weighted by Crippen LogP contribution is 2.24. The number of carbonyl (C=O) groups is 1. The van der Waals surface area contributed by atoms with Crippen molar-refractivity contribution in [1.29, 1.82) is 0 Å². The normalized spacial score (nSPS) is 10.1. The molecule has 0 fully saturated rings. The van der Waals surface area contributed by atoms with Crippen molar-refractivity contribution >= 4 is 34.3 Å². The standard InChI is InChI=1S/C11H9ClN2O2/c1-16-11(15)14-9-4-5-13-10-6-7(12)2-3-8(9)10/h2-6H,1H3,(H,13,14,15). The number of amides is 1. The van der Waals surface area contributed by atoms with Gasteiger partial charge in [0.1, 0.15) is 0 Å². The quantitative estimate of drug-likeness (QED) is 0.828. The van der Waals surface area contributed by atoms with Crippen LogP contribution in [0.3, 0.4) is 0 Å². The lowest BCUT2D eigenvalue weighted by atomic mass is 10.2. The van der Waals surface area contributed by atoms with E-state index in [2.05, 4.69) is 15.0 Å². The fourth-order valence-electron chi connectivity index (χ4n) is 1.39. The molecule has 2 aromatic rings. The first-order chi connectivity index (χ1) is 7.70. The number of carbonyl (C=O) groups excluding carboxylic acids is 1. The van der Waals surface area contributed by atoms with Crippen molar-refractivity contribution in [3.8, 4) is 0 Å². The molecule has 1 aromatic heterocycles. The molecule has 0 atom stereocenters. The molecule has 0 saturated carbocycles. The van der Waals surface area contributed by atoms with Crippen LogP contribution in [0.15, 0.2) is 30.5 Å². The zero-order chi connectivity index (χ0) is 11.5. The smallest absolute Gasteiger partial charge is 0.411 e. The van der Waals surface area contributed by atoms with Gasteiger partial charge in [-0.3, -0.25) is 10.3 Å². The summed E-state index contributed by atoms with van der Waals surface area (Å²) >= 11 is 5.85. The van der Waals surface area contributed by atoms with Gasteiger partial charge in [-0.15, -0.1) is 0 Å². The molecule has 0 unspecified atom stereocenters. The minimum atomic E-state index is -0.512. The minimum Gasteiger partial charge on any atom is -0.453 e. The van der Waals surface area contributed by atoms with Crippen molar-refractivity contribution < 1.29 is 9.53 Å². The lowest BCUT2D eigenvalue weighted by Crippen LogP contribution is -2.11. The van der Waals surface area contributed by atoms with E-state index in [4.69, 9.17) is 11.6 Å². The third-order valence-electron chi connectivity index (χ3n) is 2.13. The largest absolute Gasteiger partial charge is 0.453 e. The second-order valence-corrected chi connectivity index (χ2v) is 3.57. The van der Waals surface area contributed by atoms with Gasteiger partial charge in [0.2, 0.25) is 0 Å².